The van der Waals surface area contributed by atoms with Crippen molar-refractivity contribution in [2.24, 2.45) is 0 Å². The van der Waals surface area contributed by atoms with Gasteiger partial charge in [0, 0.05) is 0 Å². The number of hydrogen-bond acceptors (Lipinski definition) is 3. The fraction of sp³-hybridized carbons (Fsp3) is 0.235. The van der Waals surface area contributed by atoms with Crippen LogP contribution in [0.2, 0.25) is 0 Å². The lowest BCUT2D eigenvalue weighted by atomic mass is 9.92. The van der Waals surface area contributed by atoms with Crippen molar-refractivity contribution in [3.05, 3.63) is 59.7 Å². The van der Waals surface area contributed by atoms with E-state index in [9.17, 15) is 5.26 Å². The van der Waals surface area contributed by atoms with Crippen molar-refractivity contribution in [2.75, 3.05) is 14.2 Å². The molecule has 0 aliphatic carbocycles. The van der Waals surface area contributed by atoms with E-state index in [1.165, 1.54) is 0 Å². The van der Waals surface area contributed by atoms with Gasteiger partial charge in [0.15, 0.2) is 0 Å². The lowest BCUT2D eigenvalue weighted by Gasteiger charge is -2.13. The molecule has 0 amide bonds. The van der Waals surface area contributed by atoms with Crippen LogP contribution in [0.3, 0.4) is 0 Å². The van der Waals surface area contributed by atoms with E-state index >= 15 is 0 Å². The van der Waals surface area contributed by atoms with E-state index in [-0.39, 0.29) is 5.92 Å². The lowest BCUT2D eigenvalue weighted by molar-refractivity contribution is 0.408. The molecule has 1 unspecified atom stereocenters. The zero-order valence-corrected chi connectivity index (χ0v) is 11.7. The van der Waals surface area contributed by atoms with E-state index in [4.69, 9.17) is 9.47 Å². The van der Waals surface area contributed by atoms with E-state index in [0.717, 1.165) is 22.6 Å². The standard InChI is InChI=1S/C17H17NO2/c1-19-16-8-5-7-13(11-16)15(12-18)10-14-6-3-4-9-17(14)20-2/h3-9,11,15H,10H2,1-2H3. The van der Waals surface area contributed by atoms with Crippen LogP contribution in [-0.4, -0.2) is 14.2 Å². The molecule has 0 spiro atoms. The Balaban J connectivity index is 2.27. The molecule has 102 valence electrons. The number of ether oxygens (including phenoxy) is 2. The molecule has 2 aromatic rings. The molecule has 3 heteroatoms. The Kier molecular flexibility index (Phi) is 4.62. The van der Waals surface area contributed by atoms with Gasteiger partial charge in [0.1, 0.15) is 11.5 Å². The molecule has 0 aliphatic heterocycles. The fourth-order valence-electron chi connectivity index (χ4n) is 2.19. The molecule has 0 aliphatic rings. The maximum absolute atomic E-state index is 9.44. The zero-order chi connectivity index (χ0) is 14.4. The predicted octanol–water partition coefficient (Wildman–Crippen LogP) is 3.55. The molecule has 0 fully saturated rings. The van der Waals surface area contributed by atoms with Gasteiger partial charge in [0.05, 0.1) is 26.2 Å². The summed E-state index contributed by atoms with van der Waals surface area (Å²) in [4.78, 5) is 0. The van der Waals surface area contributed by atoms with E-state index < -0.39 is 0 Å². The van der Waals surface area contributed by atoms with Gasteiger partial charge in [-0.25, -0.2) is 0 Å². The summed E-state index contributed by atoms with van der Waals surface area (Å²) in [5.41, 5.74) is 1.99. The molecule has 2 rings (SSSR count). The monoisotopic (exact) mass is 267 g/mol. The first-order valence-corrected chi connectivity index (χ1v) is 6.44. The third-order valence-corrected chi connectivity index (χ3v) is 3.27. The Morgan fingerprint density at radius 1 is 1.05 bits per heavy atom. The van der Waals surface area contributed by atoms with Crippen molar-refractivity contribution in [1.82, 2.24) is 0 Å². The topological polar surface area (TPSA) is 42.2 Å². The van der Waals surface area contributed by atoms with E-state index in [1.54, 1.807) is 14.2 Å². The van der Waals surface area contributed by atoms with E-state index in [0.29, 0.717) is 6.42 Å². The summed E-state index contributed by atoms with van der Waals surface area (Å²) in [6, 6.07) is 17.8. The molecule has 0 heterocycles. The molecule has 0 aromatic heterocycles. The number of methoxy groups -OCH3 is 2. The third-order valence-electron chi connectivity index (χ3n) is 3.27. The zero-order valence-electron chi connectivity index (χ0n) is 11.7. The minimum Gasteiger partial charge on any atom is -0.497 e. The average molecular weight is 267 g/mol. The largest absolute Gasteiger partial charge is 0.497 e. The van der Waals surface area contributed by atoms with Crippen molar-refractivity contribution < 1.29 is 9.47 Å². The third kappa shape index (κ3) is 3.10. The first-order chi connectivity index (χ1) is 9.78. The first-order valence-electron chi connectivity index (χ1n) is 6.44. The molecule has 0 bridgehead atoms. The van der Waals surface area contributed by atoms with E-state index in [2.05, 4.69) is 6.07 Å². The van der Waals surface area contributed by atoms with Gasteiger partial charge in [0.2, 0.25) is 0 Å². The number of rotatable bonds is 5. The van der Waals surface area contributed by atoms with Crippen LogP contribution < -0.4 is 9.47 Å². The van der Waals surface area contributed by atoms with Crippen LogP contribution in [0, 0.1) is 11.3 Å². The SMILES string of the molecule is COc1cccc(C(C#N)Cc2ccccc2OC)c1. The van der Waals surface area contributed by atoms with Crippen molar-refractivity contribution in [3.63, 3.8) is 0 Å². The Labute approximate surface area is 119 Å². The average Bonchev–Trinajstić information content (AvgIpc) is 2.53. The molecule has 0 N–H and O–H groups in total. The van der Waals surface area contributed by atoms with Crippen LogP contribution in [0.15, 0.2) is 48.5 Å². The Bertz CT molecular complexity index is 616. The molecule has 1 atom stereocenters. The summed E-state index contributed by atoms with van der Waals surface area (Å²) in [5, 5.41) is 9.44. The van der Waals surface area contributed by atoms with Gasteiger partial charge in [-0.05, 0) is 35.7 Å². The highest BCUT2D eigenvalue weighted by atomic mass is 16.5. The summed E-state index contributed by atoms with van der Waals surface area (Å²) >= 11 is 0. The number of benzene rings is 2. The van der Waals surface area contributed by atoms with E-state index in [1.807, 2.05) is 48.5 Å². The number of nitrogens with zero attached hydrogens (tertiary/aromatic N) is 1. The fourth-order valence-corrected chi connectivity index (χ4v) is 2.19. The lowest BCUT2D eigenvalue weighted by Crippen LogP contribution is -2.02. The van der Waals surface area contributed by atoms with Gasteiger partial charge in [-0.2, -0.15) is 5.26 Å². The minimum absolute atomic E-state index is 0.221. The molecule has 3 nitrogen and oxygen atoms in total. The minimum atomic E-state index is -0.221. The second kappa shape index (κ2) is 6.63. The molecule has 0 saturated carbocycles. The second-order valence-corrected chi connectivity index (χ2v) is 4.47. The Morgan fingerprint density at radius 2 is 1.85 bits per heavy atom. The van der Waals surface area contributed by atoms with Gasteiger partial charge in [0.25, 0.3) is 0 Å². The maximum Gasteiger partial charge on any atom is 0.122 e. The first kappa shape index (κ1) is 14.0. The predicted molar refractivity (Wildman–Crippen MR) is 78.0 cm³/mol. The highest BCUT2D eigenvalue weighted by Crippen LogP contribution is 2.27. The molecule has 2 aromatic carbocycles. The smallest absolute Gasteiger partial charge is 0.122 e. The Morgan fingerprint density at radius 3 is 2.55 bits per heavy atom. The molecule has 20 heavy (non-hydrogen) atoms. The number of nitriles is 1. The van der Waals surface area contributed by atoms with Crippen LogP contribution in [-0.2, 0) is 6.42 Å². The molecule has 0 radical (unpaired) electrons. The highest BCUT2D eigenvalue weighted by molar-refractivity contribution is 5.39. The number of hydrogen-bond donors (Lipinski definition) is 0. The maximum atomic E-state index is 9.44. The molecular formula is C17H17NO2. The summed E-state index contributed by atoms with van der Waals surface area (Å²) in [6.45, 7) is 0. The van der Waals surface area contributed by atoms with Gasteiger partial charge in [-0.15, -0.1) is 0 Å². The van der Waals surface area contributed by atoms with Crippen molar-refractivity contribution >= 4 is 0 Å². The van der Waals surface area contributed by atoms with Crippen LogP contribution in [0.4, 0.5) is 0 Å². The number of para-hydroxylation sites is 1. The van der Waals surface area contributed by atoms with Gasteiger partial charge in [-0.1, -0.05) is 30.3 Å². The Hall–Kier alpha value is -2.47. The summed E-state index contributed by atoms with van der Waals surface area (Å²) < 4.78 is 10.5. The van der Waals surface area contributed by atoms with Crippen LogP contribution in [0.5, 0.6) is 11.5 Å². The summed E-state index contributed by atoms with van der Waals surface area (Å²) in [6.07, 6.45) is 0.619. The molecule has 0 saturated heterocycles. The van der Waals surface area contributed by atoms with Gasteiger partial charge < -0.3 is 9.47 Å². The van der Waals surface area contributed by atoms with Gasteiger partial charge >= 0.3 is 0 Å². The summed E-state index contributed by atoms with van der Waals surface area (Å²) in [5.74, 6) is 1.36. The van der Waals surface area contributed by atoms with Crippen LogP contribution in [0.1, 0.15) is 17.0 Å². The summed E-state index contributed by atoms with van der Waals surface area (Å²) in [7, 11) is 3.27. The quantitative estimate of drug-likeness (QED) is 0.832. The highest BCUT2D eigenvalue weighted by Gasteiger charge is 2.14. The normalized spacial score (nSPS) is 11.4. The second-order valence-electron chi connectivity index (χ2n) is 4.47. The van der Waals surface area contributed by atoms with Crippen molar-refractivity contribution in [3.8, 4) is 17.6 Å². The van der Waals surface area contributed by atoms with Crippen molar-refractivity contribution in [1.29, 1.82) is 5.26 Å². The van der Waals surface area contributed by atoms with Crippen LogP contribution in [0.25, 0.3) is 0 Å². The van der Waals surface area contributed by atoms with Crippen molar-refractivity contribution in [2.45, 2.75) is 12.3 Å². The van der Waals surface area contributed by atoms with Gasteiger partial charge in [-0.3, -0.25) is 0 Å². The molecular weight excluding hydrogens is 250 g/mol. The van der Waals surface area contributed by atoms with Crippen LogP contribution >= 0.6 is 0 Å².